The minimum atomic E-state index is -1.13. The molecule has 0 aromatic heterocycles. The Hall–Kier alpha value is -2.43. The first-order valence-corrected chi connectivity index (χ1v) is 8.15. The minimum Gasteiger partial charge on any atom is -0.465 e. The summed E-state index contributed by atoms with van der Waals surface area (Å²) < 4.78 is 9.92. The summed E-state index contributed by atoms with van der Waals surface area (Å²) in [5.74, 6) is -2.58. The Balaban J connectivity index is 3.11. The topological polar surface area (TPSA) is 69.7 Å². The van der Waals surface area contributed by atoms with Gasteiger partial charge in [0.1, 0.15) is 0 Å². The van der Waals surface area contributed by atoms with Crippen LogP contribution in [-0.4, -0.2) is 30.9 Å². The quantitative estimate of drug-likeness (QED) is 0.395. The van der Waals surface area contributed by atoms with E-state index in [2.05, 4.69) is 0 Å². The van der Waals surface area contributed by atoms with E-state index in [0.717, 1.165) is 5.56 Å². The van der Waals surface area contributed by atoms with Gasteiger partial charge >= 0.3 is 11.9 Å². The predicted molar refractivity (Wildman–Crippen MR) is 91.1 cm³/mol. The standard InChI is InChI=1S/C19H24O5/c1-4-17(20)15(12-14-10-8-7-9-11-14)13-16(18(21)23-5-2)19(22)24-6-3/h7-12,16H,4-6,13H2,1-3H3/b15-12-. The molecule has 130 valence electrons. The van der Waals surface area contributed by atoms with Crippen LogP contribution in [0, 0.1) is 5.92 Å². The lowest BCUT2D eigenvalue weighted by atomic mass is 9.94. The highest BCUT2D eigenvalue weighted by molar-refractivity contribution is 6.02. The zero-order chi connectivity index (χ0) is 17.9. The summed E-state index contributed by atoms with van der Waals surface area (Å²) in [6.07, 6.45) is 1.97. The molecule has 5 nitrogen and oxygen atoms in total. The number of ether oxygens (including phenoxy) is 2. The zero-order valence-electron chi connectivity index (χ0n) is 14.4. The molecule has 0 radical (unpaired) electrons. The Morgan fingerprint density at radius 3 is 1.96 bits per heavy atom. The fourth-order valence-electron chi connectivity index (χ4n) is 2.20. The molecule has 0 amide bonds. The van der Waals surface area contributed by atoms with Gasteiger partial charge in [-0.2, -0.15) is 0 Å². The van der Waals surface area contributed by atoms with Gasteiger partial charge in [-0.25, -0.2) is 0 Å². The lowest BCUT2D eigenvalue weighted by Crippen LogP contribution is -2.29. The Morgan fingerprint density at radius 1 is 0.958 bits per heavy atom. The maximum Gasteiger partial charge on any atom is 0.320 e. The van der Waals surface area contributed by atoms with Crippen molar-refractivity contribution in [2.75, 3.05) is 13.2 Å². The SMILES string of the molecule is CCOC(=O)C(C/C(=C/c1ccccc1)C(=O)CC)C(=O)OCC. The lowest BCUT2D eigenvalue weighted by molar-refractivity contribution is -0.161. The molecule has 0 bridgehead atoms. The summed E-state index contributed by atoms with van der Waals surface area (Å²) >= 11 is 0. The van der Waals surface area contributed by atoms with Crippen molar-refractivity contribution in [3.05, 3.63) is 41.5 Å². The number of ketones is 1. The zero-order valence-corrected chi connectivity index (χ0v) is 14.4. The molecule has 0 fully saturated rings. The van der Waals surface area contributed by atoms with Gasteiger partial charge in [0.25, 0.3) is 0 Å². The Morgan fingerprint density at radius 2 is 1.50 bits per heavy atom. The van der Waals surface area contributed by atoms with Crippen molar-refractivity contribution in [1.82, 2.24) is 0 Å². The van der Waals surface area contributed by atoms with E-state index in [1.54, 1.807) is 26.8 Å². The normalized spacial score (nSPS) is 11.2. The molecule has 5 heteroatoms. The van der Waals surface area contributed by atoms with Crippen LogP contribution in [-0.2, 0) is 23.9 Å². The first kappa shape index (κ1) is 19.6. The molecular weight excluding hydrogens is 308 g/mol. The number of hydrogen-bond donors (Lipinski definition) is 0. The van der Waals surface area contributed by atoms with E-state index in [1.807, 2.05) is 30.3 Å². The molecule has 0 heterocycles. The Labute approximate surface area is 142 Å². The minimum absolute atomic E-state index is 0.0285. The third kappa shape index (κ3) is 5.99. The van der Waals surface area contributed by atoms with Gasteiger partial charge in [0.2, 0.25) is 0 Å². The molecule has 0 aliphatic rings. The molecule has 1 aromatic carbocycles. The van der Waals surface area contributed by atoms with Crippen molar-refractivity contribution in [3.8, 4) is 0 Å². The summed E-state index contributed by atoms with van der Waals surface area (Å²) in [4.78, 5) is 36.4. The summed E-state index contributed by atoms with van der Waals surface area (Å²) in [5.41, 5.74) is 1.25. The van der Waals surface area contributed by atoms with Crippen LogP contribution >= 0.6 is 0 Å². The highest BCUT2D eigenvalue weighted by Crippen LogP contribution is 2.20. The number of hydrogen-bond acceptors (Lipinski definition) is 5. The Bertz CT molecular complexity index is 571. The van der Waals surface area contributed by atoms with Crippen LogP contribution in [0.2, 0.25) is 0 Å². The third-order valence-electron chi connectivity index (χ3n) is 3.39. The number of esters is 2. The van der Waals surface area contributed by atoms with Crippen molar-refractivity contribution in [1.29, 1.82) is 0 Å². The molecular formula is C19H24O5. The van der Waals surface area contributed by atoms with E-state index < -0.39 is 17.9 Å². The van der Waals surface area contributed by atoms with Crippen LogP contribution in [0.1, 0.15) is 39.2 Å². The highest BCUT2D eigenvalue weighted by atomic mass is 16.6. The summed E-state index contributed by atoms with van der Waals surface area (Å²) in [6, 6.07) is 9.29. The summed E-state index contributed by atoms with van der Waals surface area (Å²) in [6.45, 7) is 5.39. The van der Waals surface area contributed by atoms with Crippen LogP contribution < -0.4 is 0 Å². The molecule has 0 spiro atoms. The first-order chi connectivity index (χ1) is 11.5. The van der Waals surface area contributed by atoms with Gasteiger partial charge in [-0.3, -0.25) is 14.4 Å². The molecule has 0 N–H and O–H groups in total. The number of Topliss-reactive ketones (excluding diaryl/α,β-unsaturated/α-hetero) is 1. The number of allylic oxidation sites excluding steroid dienone is 1. The van der Waals surface area contributed by atoms with E-state index >= 15 is 0 Å². The molecule has 24 heavy (non-hydrogen) atoms. The fraction of sp³-hybridized carbons (Fsp3) is 0.421. The molecule has 0 unspecified atom stereocenters. The summed E-state index contributed by atoms with van der Waals surface area (Å²) in [7, 11) is 0. The molecule has 1 aromatic rings. The molecule has 0 aliphatic carbocycles. The fourth-order valence-corrected chi connectivity index (χ4v) is 2.20. The molecule has 0 atom stereocenters. The van der Waals surface area contributed by atoms with Crippen molar-refractivity contribution in [2.24, 2.45) is 5.92 Å². The van der Waals surface area contributed by atoms with Crippen LogP contribution in [0.3, 0.4) is 0 Å². The van der Waals surface area contributed by atoms with Gasteiger partial charge in [0, 0.05) is 6.42 Å². The van der Waals surface area contributed by atoms with E-state index in [1.165, 1.54) is 0 Å². The number of benzene rings is 1. The van der Waals surface area contributed by atoms with E-state index in [0.29, 0.717) is 5.57 Å². The second-order valence-electron chi connectivity index (χ2n) is 5.12. The van der Waals surface area contributed by atoms with Gasteiger partial charge in [0.15, 0.2) is 11.7 Å². The number of carbonyl (C=O) groups is 3. The van der Waals surface area contributed by atoms with Gasteiger partial charge in [-0.1, -0.05) is 37.3 Å². The maximum absolute atomic E-state index is 12.2. The maximum atomic E-state index is 12.2. The van der Waals surface area contributed by atoms with Crippen LogP contribution in [0.5, 0.6) is 0 Å². The number of rotatable bonds is 9. The molecule has 1 rings (SSSR count). The van der Waals surface area contributed by atoms with Crippen LogP contribution in [0.15, 0.2) is 35.9 Å². The van der Waals surface area contributed by atoms with E-state index in [4.69, 9.17) is 9.47 Å². The van der Waals surface area contributed by atoms with Crippen molar-refractivity contribution in [2.45, 2.75) is 33.6 Å². The molecule has 0 saturated heterocycles. The van der Waals surface area contributed by atoms with Crippen molar-refractivity contribution < 1.29 is 23.9 Å². The van der Waals surface area contributed by atoms with E-state index in [9.17, 15) is 14.4 Å². The molecule has 0 aliphatic heterocycles. The van der Waals surface area contributed by atoms with Crippen LogP contribution in [0.4, 0.5) is 0 Å². The number of carbonyl (C=O) groups excluding carboxylic acids is 3. The van der Waals surface area contributed by atoms with Gasteiger partial charge in [-0.05, 0) is 37.5 Å². The lowest BCUT2D eigenvalue weighted by Gasteiger charge is -2.15. The highest BCUT2D eigenvalue weighted by Gasteiger charge is 2.31. The summed E-state index contributed by atoms with van der Waals surface area (Å²) in [5, 5.41) is 0. The van der Waals surface area contributed by atoms with Crippen molar-refractivity contribution in [3.63, 3.8) is 0 Å². The first-order valence-electron chi connectivity index (χ1n) is 8.15. The van der Waals surface area contributed by atoms with E-state index in [-0.39, 0.29) is 31.8 Å². The second-order valence-corrected chi connectivity index (χ2v) is 5.12. The van der Waals surface area contributed by atoms with Crippen LogP contribution in [0.25, 0.3) is 6.08 Å². The third-order valence-corrected chi connectivity index (χ3v) is 3.39. The van der Waals surface area contributed by atoms with Gasteiger partial charge < -0.3 is 9.47 Å². The predicted octanol–water partition coefficient (Wildman–Crippen LogP) is 3.18. The average Bonchev–Trinajstić information content (AvgIpc) is 2.59. The second kappa shape index (κ2) is 10.4. The monoisotopic (exact) mass is 332 g/mol. The smallest absolute Gasteiger partial charge is 0.320 e. The average molecular weight is 332 g/mol. The molecule has 0 saturated carbocycles. The van der Waals surface area contributed by atoms with Gasteiger partial charge in [-0.15, -0.1) is 0 Å². The Kier molecular flexibility index (Phi) is 8.47. The van der Waals surface area contributed by atoms with Crippen molar-refractivity contribution >= 4 is 23.8 Å². The largest absolute Gasteiger partial charge is 0.465 e. The van der Waals surface area contributed by atoms with Gasteiger partial charge in [0.05, 0.1) is 13.2 Å².